The summed E-state index contributed by atoms with van der Waals surface area (Å²) in [5, 5.41) is 3.54. The number of nitrogens with one attached hydrogen (secondary N) is 1. The second-order valence-corrected chi connectivity index (χ2v) is 5.37. The van der Waals surface area contributed by atoms with Gasteiger partial charge in [-0.05, 0) is 44.2 Å². The number of ketones is 1. The van der Waals surface area contributed by atoms with Crippen LogP contribution in [0.15, 0.2) is 42.5 Å². The van der Waals surface area contributed by atoms with Gasteiger partial charge in [0, 0.05) is 23.3 Å². The maximum atomic E-state index is 12.8. The van der Waals surface area contributed by atoms with Crippen LogP contribution in [0.4, 0.5) is 5.69 Å². The van der Waals surface area contributed by atoms with Crippen molar-refractivity contribution in [3.8, 4) is 5.75 Å². The minimum atomic E-state index is -0.113. The maximum absolute atomic E-state index is 12.8. The predicted octanol–water partition coefficient (Wildman–Crippen LogP) is 4.40. The van der Waals surface area contributed by atoms with Crippen LogP contribution in [-0.2, 0) is 0 Å². The Balaban J connectivity index is 2.48. The summed E-state index contributed by atoms with van der Waals surface area (Å²) in [4.78, 5) is 12.8. The van der Waals surface area contributed by atoms with Crippen molar-refractivity contribution in [2.45, 2.75) is 20.0 Å². The number of ether oxygens (including phenoxy) is 1. The molecule has 0 aliphatic carbocycles. The lowest BCUT2D eigenvalue weighted by Gasteiger charge is -2.15. The van der Waals surface area contributed by atoms with Crippen LogP contribution in [-0.4, -0.2) is 18.9 Å². The molecule has 2 aromatic rings. The Kier molecular flexibility index (Phi) is 4.86. The number of hydrogen-bond donors (Lipinski definition) is 1. The third-order valence-electron chi connectivity index (χ3n) is 2.99. The maximum Gasteiger partial charge on any atom is 0.198 e. The fraction of sp³-hybridized carbons (Fsp3) is 0.235. The number of para-hydroxylation sites is 1. The van der Waals surface area contributed by atoms with Gasteiger partial charge in [-0.2, -0.15) is 0 Å². The van der Waals surface area contributed by atoms with Crippen LogP contribution in [0.25, 0.3) is 0 Å². The zero-order valence-corrected chi connectivity index (χ0v) is 13.1. The van der Waals surface area contributed by atoms with E-state index in [1.807, 2.05) is 26.0 Å². The van der Waals surface area contributed by atoms with Gasteiger partial charge >= 0.3 is 0 Å². The number of anilines is 1. The molecule has 0 atom stereocenters. The van der Waals surface area contributed by atoms with Gasteiger partial charge in [0.2, 0.25) is 0 Å². The topological polar surface area (TPSA) is 38.3 Å². The molecule has 0 radical (unpaired) electrons. The fourth-order valence-electron chi connectivity index (χ4n) is 2.08. The zero-order chi connectivity index (χ0) is 15.4. The second kappa shape index (κ2) is 6.64. The van der Waals surface area contributed by atoms with Crippen molar-refractivity contribution in [2.75, 3.05) is 12.4 Å². The molecule has 2 aromatic carbocycles. The summed E-state index contributed by atoms with van der Waals surface area (Å²) < 4.78 is 5.72. The molecule has 2 rings (SSSR count). The molecule has 0 aliphatic heterocycles. The van der Waals surface area contributed by atoms with Crippen LogP contribution in [0.3, 0.4) is 0 Å². The quantitative estimate of drug-likeness (QED) is 0.832. The summed E-state index contributed by atoms with van der Waals surface area (Å²) in [5.41, 5.74) is 1.80. The first kappa shape index (κ1) is 15.4. The van der Waals surface area contributed by atoms with Crippen LogP contribution >= 0.6 is 11.6 Å². The first-order chi connectivity index (χ1) is 10.0. The summed E-state index contributed by atoms with van der Waals surface area (Å²) in [6.07, 6.45) is 0.00193. The second-order valence-electron chi connectivity index (χ2n) is 4.93. The summed E-state index contributed by atoms with van der Waals surface area (Å²) in [7, 11) is 1.77. The molecular weight excluding hydrogens is 286 g/mol. The normalized spacial score (nSPS) is 10.5. The molecule has 0 aliphatic rings. The van der Waals surface area contributed by atoms with Crippen LogP contribution in [0.1, 0.15) is 29.8 Å². The van der Waals surface area contributed by atoms with Crippen molar-refractivity contribution in [1.29, 1.82) is 0 Å². The lowest BCUT2D eigenvalue weighted by Crippen LogP contribution is -2.11. The highest BCUT2D eigenvalue weighted by Crippen LogP contribution is 2.27. The van der Waals surface area contributed by atoms with E-state index < -0.39 is 0 Å². The molecule has 0 unspecified atom stereocenters. The SMILES string of the molecule is CNc1ccc(Cl)cc1C(=O)c1ccccc1OC(C)C. The van der Waals surface area contributed by atoms with E-state index in [0.717, 1.165) is 5.69 Å². The molecule has 0 amide bonds. The molecule has 0 fully saturated rings. The van der Waals surface area contributed by atoms with Gasteiger partial charge in [-0.25, -0.2) is 0 Å². The molecule has 110 valence electrons. The molecule has 0 saturated carbocycles. The van der Waals surface area contributed by atoms with Crippen molar-refractivity contribution < 1.29 is 9.53 Å². The highest BCUT2D eigenvalue weighted by Gasteiger charge is 2.18. The molecule has 0 spiro atoms. The van der Waals surface area contributed by atoms with Crippen molar-refractivity contribution in [1.82, 2.24) is 0 Å². The number of hydrogen-bond acceptors (Lipinski definition) is 3. The zero-order valence-electron chi connectivity index (χ0n) is 12.3. The van der Waals surface area contributed by atoms with Crippen LogP contribution < -0.4 is 10.1 Å². The minimum absolute atomic E-state index is 0.00193. The molecule has 21 heavy (non-hydrogen) atoms. The standard InChI is InChI=1S/C17H18ClNO2/c1-11(2)21-16-7-5-4-6-13(16)17(20)14-10-12(18)8-9-15(14)19-3/h4-11,19H,1-3H3. The highest BCUT2D eigenvalue weighted by molar-refractivity contribution is 6.31. The lowest BCUT2D eigenvalue weighted by atomic mass is 10.0. The van der Waals surface area contributed by atoms with Crippen LogP contribution in [0.5, 0.6) is 5.75 Å². The van der Waals surface area contributed by atoms with E-state index in [2.05, 4.69) is 5.32 Å². The van der Waals surface area contributed by atoms with Crippen LogP contribution in [0, 0.1) is 0 Å². The van der Waals surface area contributed by atoms with E-state index in [9.17, 15) is 4.79 Å². The Morgan fingerprint density at radius 3 is 2.52 bits per heavy atom. The summed E-state index contributed by atoms with van der Waals surface area (Å²) in [6.45, 7) is 3.86. The average Bonchev–Trinajstić information content (AvgIpc) is 2.46. The molecule has 1 N–H and O–H groups in total. The Labute approximate surface area is 129 Å². The smallest absolute Gasteiger partial charge is 0.198 e. The van der Waals surface area contributed by atoms with Crippen molar-refractivity contribution >= 4 is 23.1 Å². The fourth-order valence-corrected chi connectivity index (χ4v) is 2.25. The number of halogens is 1. The van der Waals surface area contributed by atoms with Crippen LogP contribution in [0.2, 0.25) is 5.02 Å². The van der Waals surface area contributed by atoms with E-state index in [-0.39, 0.29) is 11.9 Å². The Bertz CT molecular complexity index is 653. The monoisotopic (exact) mass is 303 g/mol. The molecule has 0 aromatic heterocycles. The van der Waals surface area contributed by atoms with E-state index >= 15 is 0 Å². The molecular formula is C17H18ClNO2. The summed E-state index contributed by atoms with van der Waals surface area (Å²) in [6, 6.07) is 12.5. The number of benzene rings is 2. The van der Waals surface area contributed by atoms with Gasteiger partial charge < -0.3 is 10.1 Å². The Hall–Kier alpha value is -2.00. The predicted molar refractivity (Wildman–Crippen MR) is 86.6 cm³/mol. The average molecular weight is 304 g/mol. The number of rotatable bonds is 5. The van der Waals surface area contributed by atoms with Gasteiger partial charge in [-0.1, -0.05) is 23.7 Å². The first-order valence-electron chi connectivity index (χ1n) is 6.80. The molecule has 4 heteroatoms. The Morgan fingerprint density at radius 1 is 1.14 bits per heavy atom. The lowest BCUT2D eigenvalue weighted by molar-refractivity contribution is 0.103. The van der Waals surface area contributed by atoms with Gasteiger partial charge in [0.25, 0.3) is 0 Å². The molecule has 3 nitrogen and oxygen atoms in total. The highest BCUT2D eigenvalue weighted by atomic mass is 35.5. The Morgan fingerprint density at radius 2 is 1.86 bits per heavy atom. The van der Waals surface area contributed by atoms with Crippen molar-refractivity contribution in [3.05, 3.63) is 58.6 Å². The molecule has 0 heterocycles. The summed E-state index contributed by atoms with van der Waals surface area (Å²) in [5.74, 6) is 0.470. The van der Waals surface area contributed by atoms with Gasteiger partial charge in [0.15, 0.2) is 5.78 Å². The largest absolute Gasteiger partial charge is 0.490 e. The van der Waals surface area contributed by atoms with E-state index in [1.165, 1.54) is 0 Å². The number of carbonyl (C=O) groups excluding carboxylic acids is 1. The first-order valence-corrected chi connectivity index (χ1v) is 7.18. The van der Waals surface area contributed by atoms with Crippen molar-refractivity contribution in [3.63, 3.8) is 0 Å². The van der Waals surface area contributed by atoms with Crippen molar-refractivity contribution in [2.24, 2.45) is 0 Å². The summed E-state index contributed by atoms with van der Waals surface area (Å²) >= 11 is 6.02. The molecule has 0 bridgehead atoms. The van der Waals surface area contributed by atoms with E-state index in [4.69, 9.17) is 16.3 Å². The van der Waals surface area contributed by atoms with Gasteiger partial charge in [-0.15, -0.1) is 0 Å². The molecule has 0 saturated heterocycles. The third kappa shape index (κ3) is 3.56. The van der Waals surface area contributed by atoms with Gasteiger partial charge in [-0.3, -0.25) is 4.79 Å². The van der Waals surface area contributed by atoms with Gasteiger partial charge in [0.05, 0.1) is 11.7 Å². The third-order valence-corrected chi connectivity index (χ3v) is 3.23. The minimum Gasteiger partial charge on any atom is -0.490 e. The van der Waals surface area contributed by atoms with E-state index in [0.29, 0.717) is 21.9 Å². The van der Waals surface area contributed by atoms with Gasteiger partial charge in [0.1, 0.15) is 5.75 Å². The van der Waals surface area contributed by atoms with E-state index in [1.54, 1.807) is 37.4 Å². The number of carbonyl (C=O) groups is 1.